The van der Waals surface area contributed by atoms with Gasteiger partial charge in [-0.2, -0.15) is 0 Å². The third-order valence-corrected chi connectivity index (χ3v) is 5.87. The number of rotatable bonds is 6. The average molecular weight is 402 g/mol. The van der Waals surface area contributed by atoms with Crippen molar-refractivity contribution >= 4 is 38.6 Å². The molecule has 29 heavy (non-hydrogen) atoms. The van der Waals surface area contributed by atoms with Gasteiger partial charge in [-0.3, -0.25) is 0 Å². The van der Waals surface area contributed by atoms with E-state index >= 15 is 0 Å². The maximum absolute atomic E-state index is 10.4. The molecule has 1 heterocycles. The lowest BCUT2D eigenvalue weighted by Crippen LogP contribution is -2.21. The fraction of sp³-hybridized carbons (Fsp3) is 0.167. The number of aromatic nitrogens is 1. The van der Waals surface area contributed by atoms with Crippen LogP contribution in [0.3, 0.4) is 0 Å². The number of nitrogens with zero attached hydrogens (tertiary/aromatic N) is 3. The first-order chi connectivity index (χ1) is 14.2. The fourth-order valence-electron chi connectivity index (χ4n) is 3.33. The molecular weight excluding hydrogens is 378 g/mol. The van der Waals surface area contributed by atoms with Crippen molar-refractivity contribution in [3.05, 3.63) is 72.3 Å². The lowest BCUT2D eigenvalue weighted by Gasteiger charge is -2.21. The van der Waals surface area contributed by atoms with Crippen LogP contribution in [-0.4, -0.2) is 29.4 Å². The van der Waals surface area contributed by atoms with Crippen molar-refractivity contribution in [3.63, 3.8) is 0 Å². The van der Waals surface area contributed by atoms with Crippen molar-refractivity contribution < 1.29 is 5.11 Å². The molecule has 0 spiro atoms. The molecule has 0 fully saturated rings. The zero-order valence-corrected chi connectivity index (χ0v) is 17.4. The number of thiazole rings is 1. The van der Waals surface area contributed by atoms with Gasteiger partial charge in [0.05, 0.1) is 10.2 Å². The van der Waals surface area contributed by atoms with Gasteiger partial charge in [-0.15, -0.1) is 0 Å². The van der Waals surface area contributed by atoms with E-state index in [1.807, 2.05) is 36.4 Å². The minimum atomic E-state index is 0.227. The standard InChI is InChI=1S/C24H23N3OS/c1-3-27(4-2)20-12-10-19(22(28)15-20)16-25-24-26-21-13-11-18(14-23(21)29-24)17-8-6-5-7-9-17/h5-16,28H,3-4H2,1-2H3/b25-16+. The number of hydrogen-bond donors (Lipinski definition) is 1. The Bertz CT molecular complexity index is 1150. The Labute approximate surface area is 174 Å². The van der Waals surface area contributed by atoms with E-state index in [0.29, 0.717) is 10.7 Å². The first kappa shape index (κ1) is 19.2. The normalized spacial score (nSPS) is 11.4. The highest BCUT2D eigenvalue weighted by atomic mass is 32.1. The summed E-state index contributed by atoms with van der Waals surface area (Å²) in [7, 11) is 0. The minimum absolute atomic E-state index is 0.227. The van der Waals surface area contributed by atoms with Crippen LogP contribution in [0.25, 0.3) is 21.3 Å². The lowest BCUT2D eigenvalue weighted by atomic mass is 10.1. The SMILES string of the molecule is CCN(CC)c1ccc(/C=N/c2nc3ccc(-c4ccccc4)cc3s2)c(O)c1. The molecule has 1 aromatic heterocycles. The molecule has 0 radical (unpaired) electrons. The topological polar surface area (TPSA) is 48.7 Å². The van der Waals surface area contributed by atoms with Crippen LogP contribution < -0.4 is 4.90 Å². The summed E-state index contributed by atoms with van der Waals surface area (Å²) in [5.41, 5.74) is 4.99. The Morgan fingerprint density at radius 1 is 0.966 bits per heavy atom. The molecular formula is C24H23N3OS. The van der Waals surface area contributed by atoms with Gasteiger partial charge in [0.25, 0.3) is 0 Å². The molecule has 4 nitrogen and oxygen atoms in total. The van der Waals surface area contributed by atoms with Gasteiger partial charge in [-0.25, -0.2) is 9.98 Å². The molecule has 3 aromatic carbocycles. The maximum atomic E-state index is 10.4. The molecule has 0 atom stereocenters. The van der Waals surface area contributed by atoms with Crippen LogP contribution in [0.15, 0.2) is 71.7 Å². The van der Waals surface area contributed by atoms with Gasteiger partial charge in [-0.1, -0.05) is 47.7 Å². The second-order valence-electron chi connectivity index (χ2n) is 6.72. The molecule has 4 aromatic rings. The predicted molar refractivity (Wildman–Crippen MR) is 124 cm³/mol. The Kier molecular flexibility index (Phi) is 5.58. The molecule has 5 heteroatoms. The quantitative estimate of drug-likeness (QED) is 0.388. The van der Waals surface area contributed by atoms with Crippen LogP contribution in [0.1, 0.15) is 19.4 Å². The van der Waals surface area contributed by atoms with Crippen molar-refractivity contribution in [2.75, 3.05) is 18.0 Å². The predicted octanol–water partition coefficient (Wildman–Crippen LogP) is 6.27. The second-order valence-corrected chi connectivity index (χ2v) is 7.73. The summed E-state index contributed by atoms with van der Waals surface area (Å²) in [6.45, 7) is 6.01. The highest BCUT2D eigenvalue weighted by Crippen LogP contribution is 2.32. The highest BCUT2D eigenvalue weighted by molar-refractivity contribution is 7.22. The van der Waals surface area contributed by atoms with E-state index in [0.717, 1.165) is 29.0 Å². The van der Waals surface area contributed by atoms with Crippen LogP contribution in [0.4, 0.5) is 10.8 Å². The summed E-state index contributed by atoms with van der Waals surface area (Å²) >= 11 is 1.55. The van der Waals surface area contributed by atoms with E-state index in [9.17, 15) is 5.11 Å². The van der Waals surface area contributed by atoms with Gasteiger partial charge in [0.15, 0.2) is 0 Å². The van der Waals surface area contributed by atoms with E-state index < -0.39 is 0 Å². The van der Waals surface area contributed by atoms with Crippen LogP contribution in [0.2, 0.25) is 0 Å². The highest BCUT2D eigenvalue weighted by Gasteiger charge is 2.07. The molecule has 4 rings (SSSR count). The molecule has 0 aliphatic heterocycles. The fourth-order valence-corrected chi connectivity index (χ4v) is 4.18. The molecule has 0 saturated carbocycles. The van der Waals surface area contributed by atoms with Gasteiger partial charge in [0.1, 0.15) is 5.75 Å². The van der Waals surface area contributed by atoms with E-state index in [1.165, 1.54) is 11.1 Å². The Balaban J connectivity index is 1.58. The zero-order valence-electron chi connectivity index (χ0n) is 16.5. The zero-order chi connectivity index (χ0) is 20.2. The summed E-state index contributed by atoms with van der Waals surface area (Å²) in [5, 5.41) is 11.1. The van der Waals surface area contributed by atoms with Crippen molar-refractivity contribution in [2.45, 2.75) is 13.8 Å². The number of anilines is 1. The summed E-state index contributed by atoms with van der Waals surface area (Å²) < 4.78 is 1.10. The van der Waals surface area contributed by atoms with E-state index in [4.69, 9.17) is 0 Å². The number of phenols is 1. The third kappa shape index (κ3) is 4.15. The monoisotopic (exact) mass is 401 g/mol. The molecule has 1 N–H and O–H groups in total. The molecule has 0 amide bonds. The van der Waals surface area contributed by atoms with Crippen LogP contribution in [0.5, 0.6) is 5.75 Å². The van der Waals surface area contributed by atoms with E-state index in [1.54, 1.807) is 23.6 Å². The Morgan fingerprint density at radius 2 is 1.76 bits per heavy atom. The van der Waals surface area contributed by atoms with E-state index in [2.05, 4.69) is 53.0 Å². The Morgan fingerprint density at radius 3 is 2.48 bits per heavy atom. The van der Waals surface area contributed by atoms with Crippen molar-refractivity contribution in [2.24, 2.45) is 4.99 Å². The van der Waals surface area contributed by atoms with Crippen LogP contribution in [-0.2, 0) is 0 Å². The van der Waals surface area contributed by atoms with Gasteiger partial charge in [0, 0.05) is 36.6 Å². The first-order valence-corrected chi connectivity index (χ1v) is 10.6. The summed E-state index contributed by atoms with van der Waals surface area (Å²) in [5.74, 6) is 0.227. The number of hydrogen-bond acceptors (Lipinski definition) is 5. The smallest absolute Gasteiger partial charge is 0.210 e. The largest absolute Gasteiger partial charge is 0.507 e. The molecule has 0 aliphatic carbocycles. The number of phenolic OH excluding ortho intramolecular Hbond substituents is 1. The minimum Gasteiger partial charge on any atom is -0.507 e. The van der Waals surface area contributed by atoms with Gasteiger partial charge in [-0.05, 0) is 49.2 Å². The molecule has 0 bridgehead atoms. The lowest BCUT2D eigenvalue weighted by molar-refractivity contribution is 0.474. The number of benzene rings is 3. The molecule has 0 unspecified atom stereocenters. The van der Waals surface area contributed by atoms with Crippen molar-refractivity contribution in [1.82, 2.24) is 4.98 Å². The maximum Gasteiger partial charge on any atom is 0.210 e. The summed E-state index contributed by atoms with van der Waals surface area (Å²) in [6.07, 6.45) is 1.68. The summed E-state index contributed by atoms with van der Waals surface area (Å²) in [6, 6.07) is 22.3. The third-order valence-electron chi connectivity index (χ3n) is 4.94. The summed E-state index contributed by atoms with van der Waals surface area (Å²) in [4.78, 5) is 11.3. The van der Waals surface area contributed by atoms with Crippen LogP contribution >= 0.6 is 11.3 Å². The number of fused-ring (bicyclic) bond motifs is 1. The molecule has 146 valence electrons. The van der Waals surface area contributed by atoms with Crippen molar-refractivity contribution in [1.29, 1.82) is 0 Å². The first-order valence-electron chi connectivity index (χ1n) is 9.76. The van der Waals surface area contributed by atoms with Gasteiger partial charge < -0.3 is 10.0 Å². The number of aromatic hydroxyl groups is 1. The molecule has 0 aliphatic rings. The van der Waals surface area contributed by atoms with Crippen LogP contribution in [0, 0.1) is 0 Å². The Hall–Kier alpha value is -3.18. The number of aliphatic imine (C=N–C) groups is 1. The second kappa shape index (κ2) is 8.45. The average Bonchev–Trinajstić information content (AvgIpc) is 3.17. The van der Waals surface area contributed by atoms with Gasteiger partial charge in [0.2, 0.25) is 5.13 Å². The van der Waals surface area contributed by atoms with Gasteiger partial charge >= 0.3 is 0 Å². The molecule has 0 saturated heterocycles. The van der Waals surface area contributed by atoms with E-state index in [-0.39, 0.29) is 5.75 Å². The van der Waals surface area contributed by atoms with Crippen molar-refractivity contribution in [3.8, 4) is 16.9 Å².